The summed E-state index contributed by atoms with van der Waals surface area (Å²) < 4.78 is 0. The molecule has 4 unspecified atom stereocenters. The summed E-state index contributed by atoms with van der Waals surface area (Å²) in [4.78, 5) is 0. The Bertz CT molecular complexity index is 278. The summed E-state index contributed by atoms with van der Waals surface area (Å²) in [5.41, 5.74) is 1.43. The van der Waals surface area contributed by atoms with Crippen molar-refractivity contribution in [2.75, 3.05) is 0 Å². The first-order valence-electron chi connectivity index (χ1n) is 5.71. The maximum Gasteiger partial charge on any atom is 0.110 e. The molecule has 1 saturated carbocycles. The van der Waals surface area contributed by atoms with Crippen LogP contribution < -0.4 is 10.6 Å². The fourth-order valence-corrected chi connectivity index (χ4v) is 2.15. The minimum atomic E-state index is -1.18. The molecule has 0 aromatic rings. The van der Waals surface area contributed by atoms with Crippen LogP contribution in [0.1, 0.15) is 20.3 Å². The molecule has 0 saturated heterocycles. The molecule has 0 aromatic carbocycles. The van der Waals surface area contributed by atoms with E-state index in [4.69, 9.17) is 0 Å². The lowest BCUT2D eigenvalue weighted by atomic mass is 9.83. The van der Waals surface area contributed by atoms with E-state index in [1.807, 2.05) is 0 Å². The first-order valence-corrected chi connectivity index (χ1v) is 5.71. The van der Waals surface area contributed by atoms with Gasteiger partial charge in [-0.2, -0.15) is 0 Å². The van der Waals surface area contributed by atoms with E-state index in [1.54, 1.807) is 13.8 Å². The van der Waals surface area contributed by atoms with E-state index < -0.39 is 18.3 Å². The minimum absolute atomic E-state index is 0.331. The average molecular weight is 242 g/mol. The van der Waals surface area contributed by atoms with Gasteiger partial charge < -0.3 is 26.0 Å². The van der Waals surface area contributed by atoms with Crippen molar-refractivity contribution >= 4 is 0 Å². The molecule has 5 N–H and O–H groups in total. The second kappa shape index (κ2) is 5.53. The van der Waals surface area contributed by atoms with E-state index in [0.717, 1.165) is 0 Å². The fraction of sp³-hybridized carbons (Fsp3) is 0.667. The summed E-state index contributed by atoms with van der Waals surface area (Å²) in [7, 11) is 0. The molecule has 1 aliphatic rings. The monoisotopic (exact) mass is 242 g/mol. The molecule has 0 heterocycles. The second-order valence-corrected chi connectivity index (χ2v) is 4.77. The van der Waals surface area contributed by atoms with Gasteiger partial charge >= 0.3 is 0 Å². The highest BCUT2D eigenvalue weighted by Gasteiger charge is 2.42. The number of aliphatic hydroxyl groups is 3. The van der Waals surface area contributed by atoms with Crippen molar-refractivity contribution in [2.24, 2.45) is 0 Å². The highest BCUT2D eigenvalue weighted by molar-refractivity contribution is 5.05. The normalized spacial score (nSPS) is 37.4. The number of hydrogen-bond acceptors (Lipinski definition) is 5. The number of rotatable bonds is 4. The molecule has 0 aliphatic heterocycles. The second-order valence-electron chi connectivity index (χ2n) is 4.77. The standard InChI is InChI=1S/C12H22N2O3/c1-6(2)13-8-5-9(14-7(3)4)11(16)12(17)10(8)15/h8-17H,1,3,5H2,2,4H3. The number of nitrogens with one attached hydrogen (secondary N) is 2. The van der Waals surface area contributed by atoms with Crippen LogP contribution in [0.2, 0.25) is 0 Å². The minimum Gasteiger partial charge on any atom is -0.388 e. The topological polar surface area (TPSA) is 84.8 Å². The largest absolute Gasteiger partial charge is 0.388 e. The molecule has 0 aromatic heterocycles. The van der Waals surface area contributed by atoms with Crippen molar-refractivity contribution in [3.8, 4) is 0 Å². The van der Waals surface area contributed by atoms with Gasteiger partial charge in [0.2, 0.25) is 0 Å². The molecule has 1 fully saturated rings. The molecule has 5 heteroatoms. The highest BCUT2D eigenvalue weighted by Crippen LogP contribution is 2.22. The van der Waals surface area contributed by atoms with Crippen LogP contribution in [-0.2, 0) is 0 Å². The summed E-state index contributed by atoms with van der Waals surface area (Å²) in [6.45, 7) is 11.0. The Morgan fingerprint density at radius 1 is 0.882 bits per heavy atom. The van der Waals surface area contributed by atoms with Crippen LogP contribution in [0.3, 0.4) is 0 Å². The van der Waals surface area contributed by atoms with Crippen LogP contribution in [-0.4, -0.2) is 45.7 Å². The van der Waals surface area contributed by atoms with E-state index in [2.05, 4.69) is 23.8 Å². The quantitative estimate of drug-likeness (QED) is 0.457. The molecule has 98 valence electrons. The fourth-order valence-electron chi connectivity index (χ4n) is 2.15. The van der Waals surface area contributed by atoms with Crippen molar-refractivity contribution in [1.82, 2.24) is 10.6 Å². The molecule has 1 aliphatic carbocycles. The van der Waals surface area contributed by atoms with Crippen molar-refractivity contribution in [1.29, 1.82) is 0 Å². The Hall–Kier alpha value is -1.04. The third kappa shape index (κ3) is 3.46. The Balaban J connectivity index is 2.74. The Morgan fingerprint density at radius 3 is 1.53 bits per heavy atom. The lowest BCUT2D eigenvalue weighted by molar-refractivity contribution is -0.109. The van der Waals surface area contributed by atoms with E-state index in [-0.39, 0.29) is 12.1 Å². The van der Waals surface area contributed by atoms with Crippen LogP contribution in [0.5, 0.6) is 0 Å². The lowest BCUT2D eigenvalue weighted by Gasteiger charge is -2.41. The van der Waals surface area contributed by atoms with E-state index >= 15 is 0 Å². The maximum atomic E-state index is 9.84. The predicted octanol–water partition coefficient (Wildman–Crippen LogP) is -0.544. The van der Waals surface area contributed by atoms with Gasteiger partial charge in [-0.1, -0.05) is 13.2 Å². The Kier molecular flexibility index (Phi) is 4.56. The molecule has 0 radical (unpaired) electrons. The predicted molar refractivity (Wildman–Crippen MR) is 66.1 cm³/mol. The molecule has 0 spiro atoms. The molecule has 0 amide bonds. The molecular formula is C12H22N2O3. The van der Waals surface area contributed by atoms with Gasteiger partial charge in [-0.3, -0.25) is 0 Å². The van der Waals surface area contributed by atoms with Gasteiger partial charge in [0.1, 0.15) is 18.3 Å². The summed E-state index contributed by atoms with van der Waals surface area (Å²) in [6, 6.07) is -0.662. The van der Waals surface area contributed by atoms with Crippen LogP contribution in [0.15, 0.2) is 24.6 Å². The molecule has 4 atom stereocenters. The number of allylic oxidation sites excluding steroid dienone is 2. The first kappa shape index (κ1) is 14.0. The third-order valence-electron chi connectivity index (χ3n) is 2.90. The zero-order chi connectivity index (χ0) is 13.2. The Labute approximate surface area is 102 Å². The third-order valence-corrected chi connectivity index (χ3v) is 2.90. The lowest BCUT2D eigenvalue weighted by Crippen LogP contribution is -2.62. The van der Waals surface area contributed by atoms with Crippen LogP contribution >= 0.6 is 0 Å². The first-order chi connectivity index (χ1) is 7.82. The molecule has 0 bridgehead atoms. The summed E-state index contributed by atoms with van der Waals surface area (Å²) in [5, 5.41) is 35.5. The molecule has 5 nitrogen and oxygen atoms in total. The summed E-state index contributed by atoms with van der Waals surface area (Å²) >= 11 is 0. The van der Waals surface area contributed by atoms with Crippen molar-refractivity contribution < 1.29 is 15.3 Å². The van der Waals surface area contributed by atoms with E-state index in [0.29, 0.717) is 17.8 Å². The van der Waals surface area contributed by atoms with Crippen LogP contribution in [0.4, 0.5) is 0 Å². The number of aliphatic hydroxyl groups excluding tert-OH is 3. The van der Waals surface area contributed by atoms with Gasteiger partial charge in [0, 0.05) is 11.4 Å². The molecular weight excluding hydrogens is 220 g/mol. The summed E-state index contributed by atoms with van der Waals surface area (Å²) in [6.07, 6.45) is -2.72. The van der Waals surface area contributed by atoms with Crippen molar-refractivity contribution in [3.63, 3.8) is 0 Å². The van der Waals surface area contributed by atoms with Gasteiger partial charge in [0.25, 0.3) is 0 Å². The molecule has 17 heavy (non-hydrogen) atoms. The average Bonchev–Trinajstić information content (AvgIpc) is 2.20. The zero-order valence-electron chi connectivity index (χ0n) is 10.3. The Morgan fingerprint density at radius 2 is 1.24 bits per heavy atom. The van der Waals surface area contributed by atoms with Crippen LogP contribution in [0, 0.1) is 0 Å². The van der Waals surface area contributed by atoms with E-state index in [1.165, 1.54) is 0 Å². The van der Waals surface area contributed by atoms with Gasteiger partial charge in [0.05, 0.1) is 12.1 Å². The summed E-state index contributed by atoms with van der Waals surface area (Å²) in [5.74, 6) is 0. The smallest absolute Gasteiger partial charge is 0.110 e. The van der Waals surface area contributed by atoms with Gasteiger partial charge in [-0.05, 0) is 20.3 Å². The number of hydrogen-bond donors (Lipinski definition) is 5. The van der Waals surface area contributed by atoms with Crippen LogP contribution in [0.25, 0.3) is 0 Å². The van der Waals surface area contributed by atoms with Gasteiger partial charge in [0.15, 0.2) is 0 Å². The van der Waals surface area contributed by atoms with Crippen molar-refractivity contribution in [3.05, 3.63) is 24.6 Å². The van der Waals surface area contributed by atoms with E-state index in [9.17, 15) is 15.3 Å². The zero-order valence-corrected chi connectivity index (χ0v) is 10.3. The van der Waals surface area contributed by atoms with Crippen molar-refractivity contribution in [2.45, 2.75) is 50.7 Å². The van der Waals surface area contributed by atoms with Gasteiger partial charge in [-0.15, -0.1) is 0 Å². The SMILES string of the molecule is C=C(C)NC1CC(NC(=C)C)C(O)C(O)C1O. The maximum absolute atomic E-state index is 9.84. The van der Waals surface area contributed by atoms with Gasteiger partial charge in [-0.25, -0.2) is 0 Å². The highest BCUT2D eigenvalue weighted by atomic mass is 16.4. The molecule has 1 rings (SSSR count).